The van der Waals surface area contributed by atoms with Crippen LogP contribution in [0.15, 0.2) is 48.5 Å². The smallest absolute Gasteiger partial charge is 0.260 e. The third kappa shape index (κ3) is 5.31. The molecule has 4 nitrogen and oxygen atoms in total. The van der Waals surface area contributed by atoms with E-state index in [0.29, 0.717) is 12.3 Å². The van der Waals surface area contributed by atoms with Gasteiger partial charge in [0.15, 0.2) is 5.11 Å². The maximum Gasteiger partial charge on any atom is 0.260 e. The predicted octanol–water partition coefficient (Wildman–Crippen LogP) is 4.13. The van der Waals surface area contributed by atoms with Gasteiger partial charge in [-0.2, -0.15) is 0 Å². The molecule has 0 aliphatic carbocycles. The summed E-state index contributed by atoms with van der Waals surface area (Å²) < 4.78 is 19.1. The summed E-state index contributed by atoms with van der Waals surface area (Å²) in [4.78, 5) is 12.0. The van der Waals surface area contributed by atoms with E-state index in [2.05, 4.69) is 17.6 Å². The van der Waals surface area contributed by atoms with E-state index in [-0.39, 0.29) is 10.7 Å². The quantitative estimate of drug-likeness (QED) is 0.610. The minimum absolute atomic E-state index is 0.0543. The van der Waals surface area contributed by atoms with Crippen molar-refractivity contribution in [2.75, 3.05) is 11.9 Å². The molecule has 0 aromatic heterocycles. The molecule has 6 heteroatoms. The SMILES string of the molecule is CCCCOc1ccc(NC(=S)NC(=O)c2ccccc2F)cc1. The van der Waals surface area contributed by atoms with Gasteiger partial charge in [-0.1, -0.05) is 25.5 Å². The number of ether oxygens (including phenoxy) is 1. The van der Waals surface area contributed by atoms with E-state index in [0.717, 1.165) is 18.6 Å². The van der Waals surface area contributed by atoms with Gasteiger partial charge in [0.2, 0.25) is 0 Å². The zero-order valence-corrected chi connectivity index (χ0v) is 14.2. The lowest BCUT2D eigenvalue weighted by Gasteiger charge is -2.11. The van der Waals surface area contributed by atoms with Crippen molar-refractivity contribution in [3.63, 3.8) is 0 Å². The molecule has 0 unspecified atom stereocenters. The first-order valence-electron chi connectivity index (χ1n) is 7.70. The van der Waals surface area contributed by atoms with Crippen LogP contribution in [-0.4, -0.2) is 17.6 Å². The number of benzene rings is 2. The van der Waals surface area contributed by atoms with Crippen molar-refractivity contribution >= 4 is 28.9 Å². The first-order chi connectivity index (χ1) is 11.6. The number of hydrogen-bond donors (Lipinski definition) is 2. The lowest BCUT2D eigenvalue weighted by Crippen LogP contribution is -2.34. The summed E-state index contributed by atoms with van der Waals surface area (Å²) >= 11 is 5.08. The highest BCUT2D eigenvalue weighted by molar-refractivity contribution is 7.80. The molecule has 1 amide bonds. The van der Waals surface area contributed by atoms with Crippen molar-refractivity contribution in [3.05, 3.63) is 59.9 Å². The van der Waals surface area contributed by atoms with E-state index >= 15 is 0 Å². The number of nitrogens with one attached hydrogen (secondary N) is 2. The number of hydrogen-bond acceptors (Lipinski definition) is 3. The van der Waals surface area contributed by atoms with Crippen LogP contribution in [0.3, 0.4) is 0 Å². The van der Waals surface area contributed by atoms with Crippen molar-refractivity contribution in [2.45, 2.75) is 19.8 Å². The van der Waals surface area contributed by atoms with Gasteiger partial charge in [-0.15, -0.1) is 0 Å². The van der Waals surface area contributed by atoms with E-state index in [1.54, 1.807) is 18.2 Å². The summed E-state index contributed by atoms with van der Waals surface area (Å²) in [6.45, 7) is 2.79. The molecule has 2 N–H and O–H groups in total. The fourth-order valence-corrected chi connectivity index (χ4v) is 2.16. The molecule has 0 saturated heterocycles. The summed E-state index contributed by atoms with van der Waals surface area (Å²) in [5.74, 6) is -0.410. The van der Waals surface area contributed by atoms with E-state index in [1.165, 1.54) is 18.2 Å². The standard InChI is InChI=1S/C18H19FN2O2S/c1-2-3-12-23-14-10-8-13(9-11-14)20-18(24)21-17(22)15-6-4-5-7-16(15)19/h4-11H,2-3,12H2,1H3,(H2,20,21,22,24). The maximum absolute atomic E-state index is 13.6. The maximum atomic E-state index is 13.6. The zero-order valence-electron chi connectivity index (χ0n) is 13.3. The molecule has 0 aliphatic heterocycles. The molecule has 0 fully saturated rings. The van der Waals surface area contributed by atoms with Crippen molar-refractivity contribution in [1.82, 2.24) is 5.32 Å². The largest absolute Gasteiger partial charge is 0.494 e. The van der Waals surface area contributed by atoms with Gasteiger partial charge in [0, 0.05) is 5.69 Å². The average Bonchev–Trinajstić information content (AvgIpc) is 2.57. The number of halogens is 1. The second kappa shape index (κ2) is 8.98. The molecule has 2 rings (SSSR count). The Bertz CT molecular complexity index is 704. The molecule has 126 valence electrons. The minimum Gasteiger partial charge on any atom is -0.494 e. The Morgan fingerprint density at radius 1 is 1.17 bits per heavy atom. The Morgan fingerprint density at radius 2 is 1.88 bits per heavy atom. The summed E-state index contributed by atoms with van der Waals surface area (Å²) in [6, 6.07) is 13.0. The minimum atomic E-state index is -0.592. The zero-order chi connectivity index (χ0) is 17.4. The van der Waals surface area contributed by atoms with Crippen LogP contribution in [0.1, 0.15) is 30.1 Å². The summed E-state index contributed by atoms with van der Waals surface area (Å²) in [6.07, 6.45) is 2.09. The van der Waals surface area contributed by atoms with Crippen molar-refractivity contribution < 1.29 is 13.9 Å². The molecular weight excluding hydrogens is 327 g/mol. The fraction of sp³-hybridized carbons (Fsp3) is 0.222. The van der Waals surface area contributed by atoms with Crippen LogP contribution >= 0.6 is 12.2 Å². The van der Waals surface area contributed by atoms with Crippen LogP contribution in [0.5, 0.6) is 5.75 Å². The normalized spacial score (nSPS) is 10.1. The van der Waals surface area contributed by atoms with Crippen LogP contribution in [-0.2, 0) is 0 Å². The molecule has 2 aromatic rings. The second-order valence-electron chi connectivity index (χ2n) is 5.11. The Kier molecular flexibility index (Phi) is 6.69. The van der Waals surface area contributed by atoms with E-state index < -0.39 is 11.7 Å². The Labute approximate surface area is 146 Å². The molecule has 0 radical (unpaired) electrons. The molecule has 24 heavy (non-hydrogen) atoms. The third-order valence-corrected chi connectivity index (χ3v) is 3.43. The molecule has 0 bridgehead atoms. The average molecular weight is 346 g/mol. The van der Waals surface area contributed by atoms with Gasteiger partial charge < -0.3 is 10.1 Å². The van der Waals surface area contributed by atoms with Gasteiger partial charge in [0.05, 0.1) is 12.2 Å². The van der Waals surface area contributed by atoms with Crippen molar-refractivity contribution in [1.29, 1.82) is 0 Å². The van der Waals surface area contributed by atoms with Crippen LogP contribution in [0.4, 0.5) is 10.1 Å². The Balaban J connectivity index is 1.88. The van der Waals surface area contributed by atoms with E-state index in [1.807, 2.05) is 12.1 Å². The van der Waals surface area contributed by atoms with E-state index in [9.17, 15) is 9.18 Å². The van der Waals surface area contributed by atoms with Crippen molar-refractivity contribution in [3.8, 4) is 5.75 Å². The van der Waals surface area contributed by atoms with Crippen LogP contribution in [0.25, 0.3) is 0 Å². The van der Waals surface area contributed by atoms with Crippen LogP contribution in [0, 0.1) is 5.82 Å². The Morgan fingerprint density at radius 3 is 2.54 bits per heavy atom. The van der Waals surface area contributed by atoms with Crippen LogP contribution in [0.2, 0.25) is 0 Å². The topological polar surface area (TPSA) is 50.4 Å². The highest BCUT2D eigenvalue weighted by Gasteiger charge is 2.12. The number of carbonyl (C=O) groups is 1. The monoisotopic (exact) mass is 346 g/mol. The summed E-state index contributed by atoms with van der Waals surface area (Å²) in [5.41, 5.74) is 0.651. The number of thiocarbonyl (C=S) groups is 1. The number of unbranched alkanes of at least 4 members (excludes halogenated alkanes) is 1. The first-order valence-corrected chi connectivity index (χ1v) is 8.10. The highest BCUT2D eigenvalue weighted by atomic mass is 32.1. The molecule has 2 aromatic carbocycles. The number of carbonyl (C=O) groups excluding carboxylic acids is 1. The first kappa shape index (κ1) is 17.9. The fourth-order valence-electron chi connectivity index (χ4n) is 1.95. The predicted molar refractivity (Wildman–Crippen MR) is 96.9 cm³/mol. The van der Waals surface area contributed by atoms with E-state index in [4.69, 9.17) is 17.0 Å². The highest BCUT2D eigenvalue weighted by Crippen LogP contribution is 2.16. The second-order valence-corrected chi connectivity index (χ2v) is 5.52. The lowest BCUT2D eigenvalue weighted by atomic mass is 10.2. The molecule has 0 spiro atoms. The summed E-state index contributed by atoms with van der Waals surface area (Å²) in [7, 11) is 0. The van der Waals surface area contributed by atoms with Crippen LogP contribution < -0.4 is 15.4 Å². The molecular formula is C18H19FN2O2S. The van der Waals surface area contributed by atoms with Crippen molar-refractivity contribution in [2.24, 2.45) is 0 Å². The molecule has 0 heterocycles. The number of amides is 1. The number of anilines is 1. The molecule has 0 atom stereocenters. The van der Waals surface area contributed by atoms with Gasteiger partial charge in [0.1, 0.15) is 11.6 Å². The summed E-state index contributed by atoms with van der Waals surface area (Å²) in [5, 5.41) is 5.43. The third-order valence-electron chi connectivity index (χ3n) is 3.22. The van der Waals surface area contributed by atoms with Gasteiger partial charge in [-0.25, -0.2) is 4.39 Å². The lowest BCUT2D eigenvalue weighted by molar-refractivity contribution is 0.0974. The molecule has 0 aliphatic rings. The molecule has 0 saturated carbocycles. The van der Waals surface area contributed by atoms with Gasteiger partial charge in [-0.3, -0.25) is 10.1 Å². The van der Waals surface area contributed by atoms with Gasteiger partial charge in [-0.05, 0) is 55.0 Å². The Hall–Kier alpha value is -2.47. The van der Waals surface area contributed by atoms with Gasteiger partial charge in [0.25, 0.3) is 5.91 Å². The van der Waals surface area contributed by atoms with Gasteiger partial charge >= 0.3 is 0 Å². The number of rotatable bonds is 6.